The fourth-order valence-corrected chi connectivity index (χ4v) is 2.25. The second-order valence-corrected chi connectivity index (χ2v) is 5.16. The lowest BCUT2D eigenvalue weighted by atomic mass is 9.91. The molecule has 0 N–H and O–H groups in total. The van der Waals surface area contributed by atoms with Crippen molar-refractivity contribution in [1.29, 1.82) is 0 Å². The fourth-order valence-electron chi connectivity index (χ4n) is 2.25. The van der Waals surface area contributed by atoms with E-state index in [0.29, 0.717) is 12.0 Å². The van der Waals surface area contributed by atoms with Crippen LogP contribution in [0.3, 0.4) is 0 Å². The highest BCUT2D eigenvalue weighted by molar-refractivity contribution is 5.60. The van der Waals surface area contributed by atoms with E-state index in [1.54, 1.807) is 0 Å². The molecule has 0 radical (unpaired) electrons. The van der Waals surface area contributed by atoms with Gasteiger partial charge in [0.2, 0.25) is 0 Å². The minimum absolute atomic E-state index is 0.576. The molecule has 0 unspecified atom stereocenters. The van der Waals surface area contributed by atoms with Crippen LogP contribution in [0.25, 0.3) is 6.08 Å². The van der Waals surface area contributed by atoms with Gasteiger partial charge in [-0.3, -0.25) is 0 Å². The number of nitrogens with zero attached hydrogens (tertiary/aromatic N) is 1. The molecule has 0 saturated carbocycles. The molecule has 0 saturated heterocycles. The Morgan fingerprint density at radius 1 is 1.12 bits per heavy atom. The number of hydrogen-bond acceptors (Lipinski definition) is 1. The van der Waals surface area contributed by atoms with Gasteiger partial charge in [0, 0.05) is 18.8 Å². The lowest BCUT2D eigenvalue weighted by molar-refractivity contribution is 0.301. The van der Waals surface area contributed by atoms with Crippen LogP contribution in [-0.2, 0) is 6.54 Å². The van der Waals surface area contributed by atoms with Crippen LogP contribution >= 0.6 is 0 Å². The van der Waals surface area contributed by atoms with Gasteiger partial charge in [0.25, 0.3) is 0 Å². The quantitative estimate of drug-likeness (QED) is 0.720. The first-order valence-corrected chi connectivity index (χ1v) is 6.15. The van der Waals surface area contributed by atoms with Crippen molar-refractivity contribution in [3.8, 4) is 0 Å². The minimum atomic E-state index is 0.576. The standard InChI is InChI=1S/C15H21N/c1-11(2)14-7-5-6-13-10-16(12(3)4)9-8-15(13)14/h5-9,11-12H,10H2,1-4H3. The van der Waals surface area contributed by atoms with E-state index in [2.05, 4.69) is 63.1 Å². The van der Waals surface area contributed by atoms with E-state index < -0.39 is 0 Å². The van der Waals surface area contributed by atoms with Crippen molar-refractivity contribution < 1.29 is 0 Å². The van der Waals surface area contributed by atoms with Crippen LogP contribution in [0.4, 0.5) is 0 Å². The Labute approximate surface area is 98.8 Å². The predicted molar refractivity (Wildman–Crippen MR) is 70.2 cm³/mol. The first-order valence-electron chi connectivity index (χ1n) is 6.15. The summed E-state index contributed by atoms with van der Waals surface area (Å²) >= 11 is 0. The van der Waals surface area contributed by atoms with Gasteiger partial charge in [-0.05, 0) is 42.5 Å². The van der Waals surface area contributed by atoms with E-state index in [9.17, 15) is 0 Å². The summed E-state index contributed by atoms with van der Waals surface area (Å²) in [6.45, 7) is 10.0. The zero-order chi connectivity index (χ0) is 11.7. The van der Waals surface area contributed by atoms with E-state index in [1.807, 2.05) is 0 Å². The highest BCUT2D eigenvalue weighted by Crippen LogP contribution is 2.28. The lowest BCUT2D eigenvalue weighted by Gasteiger charge is -2.30. The second-order valence-electron chi connectivity index (χ2n) is 5.16. The zero-order valence-electron chi connectivity index (χ0n) is 10.7. The van der Waals surface area contributed by atoms with Gasteiger partial charge in [-0.2, -0.15) is 0 Å². The first-order chi connectivity index (χ1) is 7.59. The van der Waals surface area contributed by atoms with Crippen molar-refractivity contribution in [2.24, 2.45) is 0 Å². The Kier molecular flexibility index (Phi) is 3.04. The van der Waals surface area contributed by atoms with E-state index in [1.165, 1.54) is 16.7 Å². The third kappa shape index (κ3) is 1.99. The van der Waals surface area contributed by atoms with Crippen molar-refractivity contribution in [2.45, 2.75) is 46.2 Å². The molecular formula is C15H21N. The summed E-state index contributed by atoms with van der Waals surface area (Å²) in [5, 5.41) is 0. The average molecular weight is 215 g/mol. The second kappa shape index (κ2) is 4.32. The first kappa shape index (κ1) is 11.3. The van der Waals surface area contributed by atoms with Gasteiger partial charge in [0.15, 0.2) is 0 Å². The number of rotatable bonds is 2. The molecule has 1 aliphatic heterocycles. The smallest absolute Gasteiger partial charge is 0.0432 e. The zero-order valence-corrected chi connectivity index (χ0v) is 10.7. The average Bonchev–Trinajstić information content (AvgIpc) is 2.27. The van der Waals surface area contributed by atoms with Crippen LogP contribution < -0.4 is 0 Å². The van der Waals surface area contributed by atoms with E-state index in [4.69, 9.17) is 0 Å². The number of fused-ring (bicyclic) bond motifs is 1. The highest BCUT2D eigenvalue weighted by Gasteiger charge is 2.16. The Bertz CT molecular complexity index is 402. The molecule has 0 fully saturated rings. The van der Waals surface area contributed by atoms with E-state index in [-0.39, 0.29) is 0 Å². The Balaban J connectivity index is 2.38. The lowest BCUT2D eigenvalue weighted by Crippen LogP contribution is -2.27. The number of benzene rings is 1. The van der Waals surface area contributed by atoms with E-state index >= 15 is 0 Å². The summed E-state index contributed by atoms with van der Waals surface area (Å²) in [5.74, 6) is 0.602. The Hall–Kier alpha value is -1.24. The number of hydrogen-bond donors (Lipinski definition) is 0. The summed E-state index contributed by atoms with van der Waals surface area (Å²) < 4.78 is 0. The fraction of sp³-hybridized carbons (Fsp3) is 0.467. The summed E-state index contributed by atoms with van der Waals surface area (Å²) in [7, 11) is 0. The molecule has 1 nitrogen and oxygen atoms in total. The molecule has 0 spiro atoms. The van der Waals surface area contributed by atoms with Crippen molar-refractivity contribution in [1.82, 2.24) is 4.90 Å². The highest BCUT2D eigenvalue weighted by atomic mass is 15.1. The van der Waals surface area contributed by atoms with Gasteiger partial charge in [-0.1, -0.05) is 32.0 Å². The van der Waals surface area contributed by atoms with Crippen LogP contribution in [0.15, 0.2) is 24.4 Å². The van der Waals surface area contributed by atoms with Crippen molar-refractivity contribution in [2.75, 3.05) is 0 Å². The van der Waals surface area contributed by atoms with Crippen LogP contribution in [0.1, 0.15) is 50.3 Å². The predicted octanol–water partition coefficient (Wildman–Crippen LogP) is 4.00. The molecule has 0 aromatic heterocycles. The van der Waals surface area contributed by atoms with Crippen LogP contribution in [0.5, 0.6) is 0 Å². The Morgan fingerprint density at radius 2 is 1.88 bits per heavy atom. The molecule has 1 heteroatoms. The molecule has 0 amide bonds. The molecule has 86 valence electrons. The molecule has 1 aromatic rings. The van der Waals surface area contributed by atoms with Gasteiger partial charge in [-0.15, -0.1) is 0 Å². The summed E-state index contributed by atoms with van der Waals surface area (Å²) in [6.07, 6.45) is 4.51. The van der Waals surface area contributed by atoms with Gasteiger partial charge < -0.3 is 4.90 Å². The van der Waals surface area contributed by atoms with Crippen molar-refractivity contribution in [3.63, 3.8) is 0 Å². The molecule has 0 atom stereocenters. The van der Waals surface area contributed by atoms with Crippen molar-refractivity contribution >= 4 is 6.08 Å². The molecule has 1 aromatic carbocycles. The maximum Gasteiger partial charge on any atom is 0.0432 e. The van der Waals surface area contributed by atoms with E-state index in [0.717, 1.165) is 6.54 Å². The third-order valence-electron chi connectivity index (χ3n) is 3.30. The molecule has 2 rings (SSSR count). The maximum atomic E-state index is 2.38. The third-order valence-corrected chi connectivity index (χ3v) is 3.30. The minimum Gasteiger partial charge on any atom is -0.371 e. The SMILES string of the molecule is CC(C)c1cccc2c1C=CN(C(C)C)C2. The van der Waals surface area contributed by atoms with Gasteiger partial charge in [0.05, 0.1) is 0 Å². The summed E-state index contributed by atoms with van der Waals surface area (Å²) in [4.78, 5) is 2.38. The Morgan fingerprint density at radius 3 is 2.50 bits per heavy atom. The molecule has 0 bridgehead atoms. The molecule has 0 aliphatic carbocycles. The largest absolute Gasteiger partial charge is 0.371 e. The molecule has 16 heavy (non-hydrogen) atoms. The van der Waals surface area contributed by atoms with Gasteiger partial charge in [0.1, 0.15) is 0 Å². The molecular weight excluding hydrogens is 194 g/mol. The maximum absolute atomic E-state index is 2.38. The van der Waals surface area contributed by atoms with Crippen LogP contribution in [-0.4, -0.2) is 10.9 Å². The van der Waals surface area contributed by atoms with Crippen LogP contribution in [0, 0.1) is 0 Å². The molecule has 1 aliphatic rings. The molecule has 1 heterocycles. The summed E-state index contributed by atoms with van der Waals surface area (Å²) in [6, 6.07) is 7.26. The summed E-state index contributed by atoms with van der Waals surface area (Å²) in [5.41, 5.74) is 4.37. The van der Waals surface area contributed by atoms with Crippen molar-refractivity contribution in [3.05, 3.63) is 41.1 Å². The monoisotopic (exact) mass is 215 g/mol. The topological polar surface area (TPSA) is 3.24 Å². The van der Waals surface area contributed by atoms with Crippen LogP contribution in [0.2, 0.25) is 0 Å². The normalized spacial score (nSPS) is 14.8. The van der Waals surface area contributed by atoms with Gasteiger partial charge >= 0.3 is 0 Å². The van der Waals surface area contributed by atoms with Gasteiger partial charge in [-0.25, -0.2) is 0 Å².